The molecule has 0 bridgehead atoms. The average Bonchev–Trinajstić information content (AvgIpc) is 3.12. The molecule has 0 heterocycles. The SMILES string of the molecule is CCCCCCCCC/C=C\CCCCCCC(O)C(=O)NC(CS(=O)(=O)O)C(O)/C=C/CCCCCCCCCCCCCCCCCCCCC. The van der Waals surface area contributed by atoms with E-state index in [1.54, 1.807) is 0 Å². The van der Waals surface area contributed by atoms with E-state index in [1.165, 1.54) is 160 Å². The summed E-state index contributed by atoms with van der Waals surface area (Å²) in [5.41, 5.74) is 0. The van der Waals surface area contributed by atoms with Crippen molar-refractivity contribution in [2.75, 3.05) is 5.75 Å². The molecular formula is C45H87NO6S. The summed E-state index contributed by atoms with van der Waals surface area (Å²) in [5, 5.41) is 23.4. The van der Waals surface area contributed by atoms with Gasteiger partial charge in [-0.2, -0.15) is 8.42 Å². The zero-order valence-electron chi connectivity index (χ0n) is 34.8. The van der Waals surface area contributed by atoms with Gasteiger partial charge >= 0.3 is 0 Å². The molecule has 0 aliphatic carbocycles. The second kappa shape index (κ2) is 39.0. The lowest BCUT2D eigenvalue weighted by Crippen LogP contribution is -2.50. The van der Waals surface area contributed by atoms with Gasteiger partial charge in [0, 0.05) is 0 Å². The quantitative estimate of drug-likeness (QED) is 0.0279. The van der Waals surface area contributed by atoms with Crippen LogP contribution >= 0.6 is 0 Å². The predicted octanol–water partition coefficient (Wildman–Crippen LogP) is 12.5. The van der Waals surface area contributed by atoms with Crippen LogP contribution in [0.2, 0.25) is 0 Å². The van der Waals surface area contributed by atoms with Crippen LogP contribution in [-0.2, 0) is 14.9 Å². The first kappa shape index (κ1) is 51.8. The number of amides is 1. The van der Waals surface area contributed by atoms with Crippen LogP contribution in [0.3, 0.4) is 0 Å². The van der Waals surface area contributed by atoms with Crippen molar-refractivity contribution in [3.63, 3.8) is 0 Å². The maximum atomic E-state index is 12.6. The lowest BCUT2D eigenvalue weighted by molar-refractivity contribution is -0.130. The first-order valence-electron chi connectivity index (χ1n) is 22.6. The maximum Gasteiger partial charge on any atom is 0.267 e. The second-order valence-corrected chi connectivity index (χ2v) is 17.3. The summed E-state index contributed by atoms with van der Waals surface area (Å²) in [4.78, 5) is 12.6. The Labute approximate surface area is 328 Å². The molecule has 0 fully saturated rings. The van der Waals surface area contributed by atoms with E-state index in [0.29, 0.717) is 6.42 Å². The number of nitrogens with one attached hydrogen (secondary N) is 1. The van der Waals surface area contributed by atoms with Crippen molar-refractivity contribution < 1.29 is 28.0 Å². The van der Waals surface area contributed by atoms with Gasteiger partial charge in [-0.25, -0.2) is 0 Å². The molecule has 8 heteroatoms. The van der Waals surface area contributed by atoms with E-state index in [0.717, 1.165) is 51.4 Å². The topological polar surface area (TPSA) is 124 Å². The Bertz CT molecular complexity index is 953. The normalized spacial score (nSPS) is 14.0. The van der Waals surface area contributed by atoms with Gasteiger partial charge in [0.15, 0.2) is 0 Å². The molecule has 0 spiro atoms. The Hall–Kier alpha value is -1.22. The molecule has 0 aliphatic heterocycles. The van der Waals surface area contributed by atoms with Crippen LogP contribution in [0, 0.1) is 0 Å². The van der Waals surface area contributed by atoms with Crippen molar-refractivity contribution >= 4 is 16.0 Å². The lowest BCUT2D eigenvalue weighted by Gasteiger charge is -2.22. The predicted molar refractivity (Wildman–Crippen MR) is 227 cm³/mol. The minimum Gasteiger partial charge on any atom is -0.387 e. The smallest absolute Gasteiger partial charge is 0.267 e. The van der Waals surface area contributed by atoms with Gasteiger partial charge < -0.3 is 15.5 Å². The Morgan fingerprint density at radius 3 is 1.19 bits per heavy atom. The van der Waals surface area contributed by atoms with Crippen LogP contribution in [0.4, 0.5) is 0 Å². The van der Waals surface area contributed by atoms with Gasteiger partial charge in [0.25, 0.3) is 10.1 Å². The van der Waals surface area contributed by atoms with E-state index < -0.39 is 40.0 Å². The van der Waals surface area contributed by atoms with Crippen LogP contribution in [0.5, 0.6) is 0 Å². The maximum absolute atomic E-state index is 12.6. The average molecular weight is 770 g/mol. The zero-order valence-corrected chi connectivity index (χ0v) is 35.6. The Morgan fingerprint density at radius 1 is 0.509 bits per heavy atom. The lowest BCUT2D eigenvalue weighted by atomic mass is 10.0. The molecule has 7 nitrogen and oxygen atoms in total. The monoisotopic (exact) mass is 770 g/mol. The minimum absolute atomic E-state index is 0.268. The molecule has 0 rings (SSSR count). The highest BCUT2D eigenvalue weighted by Gasteiger charge is 2.27. The molecule has 0 saturated carbocycles. The number of allylic oxidation sites excluding steroid dienone is 3. The van der Waals surface area contributed by atoms with Crippen molar-refractivity contribution in [1.82, 2.24) is 5.32 Å². The van der Waals surface area contributed by atoms with Gasteiger partial charge in [0.2, 0.25) is 5.91 Å². The van der Waals surface area contributed by atoms with Crippen molar-refractivity contribution in [3.8, 4) is 0 Å². The van der Waals surface area contributed by atoms with Crippen LogP contribution in [0.15, 0.2) is 24.3 Å². The highest BCUT2D eigenvalue weighted by atomic mass is 32.2. The third kappa shape index (κ3) is 38.8. The summed E-state index contributed by atoms with van der Waals surface area (Å²) < 4.78 is 32.6. The Morgan fingerprint density at radius 2 is 0.830 bits per heavy atom. The largest absolute Gasteiger partial charge is 0.387 e. The van der Waals surface area contributed by atoms with Gasteiger partial charge in [-0.05, 0) is 44.9 Å². The Kier molecular flexibility index (Phi) is 38.1. The molecule has 0 saturated heterocycles. The molecule has 0 aliphatic rings. The number of carbonyl (C=O) groups excluding carboxylic acids is 1. The van der Waals surface area contributed by atoms with Crippen molar-refractivity contribution in [2.24, 2.45) is 0 Å². The molecular weight excluding hydrogens is 683 g/mol. The van der Waals surface area contributed by atoms with Gasteiger partial charge in [0.05, 0.1) is 17.9 Å². The van der Waals surface area contributed by atoms with E-state index in [4.69, 9.17) is 0 Å². The molecule has 53 heavy (non-hydrogen) atoms. The fourth-order valence-electron chi connectivity index (χ4n) is 6.98. The summed E-state index contributed by atoms with van der Waals surface area (Å²) >= 11 is 0. The number of hydrogen-bond acceptors (Lipinski definition) is 5. The molecule has 1 amide bonds. The summed E-state index contributed by atoms with van der Waals surface area (Å²) in [6.07, 6.45) is 46.6. The van der Waals surface area contributed by atoms with E-state index in [-0.39, 0.29) is 6.42 Å². The van der Waals surface area contributed by atoms with Gasteiger partial charge in [-0.15, -0.1) is 0 Å². The van der Waals surface area contributed by atoms with Crippen LogP contribution in [0.25, 0.3) is 0 Å². The molecule has 314 valence electrons. The third-order valence-electron chi connectivity index (χ3n) is 10.5. The van der Waals surface area contributed by atoms with Crippen molar-refractivity contribution in [3.05, 3.63) is 24.3 Å². The number of rotatable bonds is 41. The number of hydrogen-bond donors (Lipinski definition) is 4. The first-order chi connectivity index (χ1) is 25.7. The number of unbranched alkanes of at least 4 members (excludes halogenated alkanes) is 30. The first-order valence-corrected chi connectivity index (χ1v) is 24.3. The molecule has 3 unspecified atom stereocenters. The van der Waals surface area contributed by atoms with Crippen molar-refractivity contribution in [2.45, 2.75) is 250 Å². The van der Waals surface area contributed by atoms with Crippen LogP contribution in [0.1, 0.15) is 232 Å². The fraction of sp³-hybridized carbons (Fsp3) is 0.889. The Balaban J connectivity index is 3.97. The zero-order chi connectivity index (χ0) is 39.1. The molecule has 4 N–H and O–H groups in total. The minimum atomic E-state index is -4.44. The fourth-order valence-corrected chi connectivity index (χ4v) is 7.72. The summed E-state index contributed by atoms with van der Waals surface area (Å²) in [5.74, 6) is -1.54. The van der Waals surface area contributed by atoms with Crippen LogP contribution < -0.4 is 5.32 Å². The molecule has 3 atom stereocenters. The molecule has 0 aromatic heterocycles. The summed E-state index contributed by atoms with van der Waals surface area (Å²) in [6.45, 7) is 4.52. The van der Waals surface area contributed by atoms with Gasteiger partial charge in [-0.3, -0.25) is 9.35 Å². The van der Waals surface area contributed by atoms with E-state index >= 15 is 0 Å². The van der Waals surface area contributed by atoms with Crippen LogP contribution in [-0.4, -0.2) is 53.1 Å². The molecule has 0 aromatic carbocycles. The number of aliphatic hydroxyl groups is 2. The number of aliphatic hydroxyl groups excluding tert-OH is 2. The third-order valence-corrected chi connectivity index (χ3v) is 11.3. The summed E-state index contributed by atoms with van der Waals surface area (Å²) in [7, 11) is -4.44. The second-order valence-electron chi connectivity index (χ2n) is 15.8. The standard InChI is InChI=1S/C45H87NO6S/c1-3-5-7-9-11-13-15-17-19-20-21-22-23-24-26-27-29-31-33-35-37-39-43(47)42(41-53(50,51)52)46-45(49)44(48)40-38-36-34-32-30-28-25-18-16-14-12-10-8-6-4-2/h25,28,37,39,42-44,47-48H,3-24,26-27,29-36,38,40-41H2,1-2H3,(H,46,49)(H,50,51,52)/b28-25-,39-37+. The van der Waals surface area contributed by atoms with Gasteiger partial charge in [-0.1, -0.05) is 212 Å². The van der Waals surface area contributed by atoms with Crippen molar-refractivity contribution in [1.29, 1.82) is 0 Å². The number of carbonyl (C=O) groups is 1. The molecule has 0 aromatic rings. The molecule has 0 radical (unpaired) electrons. The van der Waals surface area contributed by atoms with Gasteiger partial charge in [0.1, 0.15) is 6.10 Å². The van der Waals surface area contributed by atoms with E-state index in [2.05, 4.69) is 31.3 Å². The summed E-state index contributed by atoms with van der Waals surface area (Å²) in [6, 6.07) is -1.23. The highest BCUT2D eigenvalue weighted by Crippen LogP contribution is 2.16. The van der Waals surface area contributed by atoms with E-state index in [9.17, 15) is 28.0 Å². The van der Waals surface area contributed by atoms with E-state index in [1.807, 2.05) is 6.08 Å². The highest BCUT2D eigenvalue weighted by molar-refractivity contribution is 7.85.